The number of hydrogen-bond donors (Lipinski definition) is 2. The average Bonchev–Trinajstić information content (AvgIpc) is 2.87. The van der Waals surface area contributed by atoms with Crippen molar-refractivity contribution in [2.75, 3.05) is 26.4 Å². The minimum absolute atomic E-state index is 0.130. The molecule has 1 aliphatic heterocycles. The van der Waals surface area contributed by atoms with Gasteiger partial charge < -0.3 is 20.9 Å². The van der Waals surface area contributed by atoms with Crippen molar-refractivity contribution in [1.29, 1.82) is 0 Å². The molecule has 1 rings (SSSR count). The maximum absolute atomic E-state index is 5.62. The van der Waals surface area contributed by atoms with Gasteiger partial charge >= 0.3 is 0 Å². The molecule has 0 bridgehead atoms. The molecule has 0 aromatic carbocycles. The number of hydrogen-bond acceptors (Lipinski definition) is 4. The Morgan fingerprint density at radius 2 is 2.33 bits per heavy atom. The average molecular weight is 174 g/mol. The molecule has 1 aliphatic rings. The summed E-state index contributed by atoms with van der Waals surface area (Å²) in [6.07, 6.45) is 2.31. The molecular formula is C8H18N2O2. The van der Waals surface area contributed by atoms with E-state index in [9.17, 15) is 0 Å². The highest BCUT2D eigenvalue weighted by Crippen LogP contribution is 2.08. The zero-order chi connectivity index (χ0) is 8.81. The molecule has 0 saturated carbocycles. The zero-order valence-corrected chi connectivity index (χ0v) is 7.37. The lowest BCUT2D eigenvalue weighted by Crippen LogP contribution is -2.29. The molecule has 1 fully saturated rings. The van der Waals surface area contributed by atoms with E-state index in [1.54, 1.807) is 0 Å². The first-order valence-electron chi connectivity index (χ1n) is 4.48. The molecule has 0 aromatic heterocycles. The quantitative estimate of drug-likeness (QED) is 0.402. The van der Waals surface area contributed by atoms with Crippen LogP contribution in [-0.2, 0) is 9.47 Å². The predicted molar refractivity (Wildman–Crippen MR) is 46.8 cm³/mol. The molecule has 1 saturated heterocycles. The molecule has 4 N–H and O–H groups in total. The lowest BCUT2D eigenvalue weighted by Gasteiger charge is -2.07. The van der Waals surface area contributed by atoms with Crippen LogP contribution in [0.25, 0.3) is 0 Å². The van der Waals surface area contributed by atoms with Crippen LogP contribution in [0.1, 0.15) is 12.8 Å². The zero-order valence-electron chi connectivity index (χ0n) is 7.37. The normalized spacial score (nSPS) is 24.0. The third-order valence-electron chi connectivity index (χ3n) is 1.87. The van der Waals surface area contributed by atoms with Crippen LogP contribution in [0.3, 0.4) is 0 Å². The Balaban J connectivity index is 1.75. The van der Waals surface area contributed by atoms with Crippen molar-refractivity contribution in [3.63, 3.8) is 0 Å². The van der Waals surface area contributed by atoms with Crippen LogP contribution in [0, 0.1) is 0 Å². The van der Waals surface area contributed by atoms with E-state index in [-0.39, 0.29) is 6.04 Å². The Hall–Kier alpha value is -0.160. The molecule has 0 amide bonds. The Morgan fingerprint density at radius 3 is 2.92 bits per heavy atom. The van der Waals surface area contributed by atoms with Gasteiger partial charge in [0.1, 0.15) is 6.10 Å². The maximum atomic E-state index is 5.62. The highest BCUT2D eigenvalue weighted by molar-refractivity contribution is 4.67. The highest BCUT2D eigenvalue weighted by atomic mass is 16.6. The first kappa shape index (κ1) is 9.92. The molecule has 12 heavy (non-hydrogen) atoms. The van der Waals surface area contributed by atoms with Crippen LogP contribution in [0.2, 0.25) is 0 Å². The smallest absolute Gasteiger partial charge is 0.104 e. The molecule has 4 heteroatoms. The Morgan fingerprint density at radius 1 is 1.58 bits per heavy atom. The van der Waals surface area contributed by atoms with Gasteiger partial charge in [0.15, 0.2) is 0 Å². The summed E-state index contributed by atoms with van der Waals surface area (Å²) in [4.78, 5) is 0. The van der Waals surface area contributed by atoms with E-state index < -0.39 is 0 Å². The van der Waals surface area contributed by atoms with Crippen LogP contribution in [0.4, 0.5) is 0 Å². The minimum atomic E-state index is 0.130. The summed E-state index contributed by atoms with van der Waals surface area (Å²) >= 11 is 0. The van der Waals surface area contributed by atoms with Gasteiger partial charge in [-0.1, -0.05) is 0 Å². The van der Waals surface area contributed by atoms with Crippen molar-refractivity contribution in [3.05, 3.63) is 0 Å². The number of ether oxygens (including phenoxy) is 2. The fourth-order valence-electron chi connectivity index (χ4n) is 0.944. The van der Waals surface area contributed by atoms with Gasteiger partial charge in [0.2, 0.25) is 0 Å². The van der Waals surface area contributed by atoms with Crippen LogP contribution in [0.15, 0.2) is 0 Å². The lowest BCUT2D eigenvalue weighted by molar-refractivity contribution is 0.112. The number of rotatable bonds is 7. The van der Waals surface area contributed by atoms with Gasteiger partial charge in [-0.3, -0.25) is 0 Å². The Kier molecular flexibility index (Phi) is 4.53. The fourth-order valence-corrected chi connectivity index (χ4v) is 0.944. The summed E-state index contributed by atoms with van der Waals surface area (Å²) in [5, 5.41) is 0. The van der Waals surface area contributed by atoms with Gasteiger partial charge in [-0.15, -0.1) is 0 Å². The van der Waals surface area contributed by atoms with Crippen LogP contribution in [-0.4, -0.2) is 38.5 Å². The van der Waals surface area contributed by atoms with Gasteiger partial charge in [-0.05, 0) is 12.8 Å². The van der Waals surface area contributed by atoms with E-state index >= 15 is 0 Å². The van der Waals surface area contributed by atoms with E-state index in [2.05, 4.69) is 0 Å². The molecule has 0 aliphatic carbocycles. The number of nitrogens with two attached hydrogens (primary N) is 2. The van der Waals surface area contributed by atoms with Crippen LogP contribution >= 0.6 is 0 Å². The second-order valence-electron chi connectivity index (χ2n) is 3.17. The number of epoxide rings is 1. The first-order chi connectivity index (χ1) is 5.83. The van der Waals surface area contributed by atoms with E-state index in [1.165, 1.54) is 0 Å². The second-order valence-corrected chi connectivity index (χ2v) is 3.17. The van der Waals surface area contributed by atoms with Crippen LogP contribution in [0.5, 0.6) is 0 Å². The van der Waals surface area contributed by atoms with E-state index in [0.717, 1.165) is 32.7 Å². The summed E-state index contributed by atoms with van der Waals surface area (Å²) in [6, 6.07) is 0.130. The summed E-state index contributed by atoms with van der Waals surface area (Å²) < 4.78 is 10.3. The van der Waals surface area contributed by atoms with E-state index in [1.807, 2.05) is 0 Å². The summed E-state index contributed by atoms with van der Waals surface area (Å²) in [5.41, 5.74) is 11.0. The summed E-state index contributed by atoms with van der Waals surface area (Å²) in [7, 11) is 0. The molecule has 0 spiro atoms. The topological polar surface area (TPSA) is 73.8 Å². The third-order valence-corrected chi connectivity index (χ3v) is 1.87. The highest BCUT2D eigenvalue weighted by Gasteiger charge is 2.21. The largest absolute Gasteiger partial charge is 0.379 e. The Bertz CT molecular complexity index is 118. The monoisotopic (exact) mass is 174 g/mol. The minimum Gasteiger partial charge on any atom is -0.379 e. The molecule has 2 unspecified atom stereocenters. The van der Waals surface area contributed by atoms with Crippen molar-refractivity contribution < 1.29 is 9.47 Å². The van der Waals surface area contributed by atoms with Gasteiger partial charge in [-0.2, -0.15) is 0 Å². The second kappa shape index (κ2) is 5.48. The fraction of sp³-hybridized carbons (Fsp3) is 1.00. The maximum Gasteiger partial charge on any atom is 0.104 e. The summed E-state index contributed by atoms with van der Waals surface area (Å²) in [6.45, 7) is 2.93. The Labute approximate surface area is 73.2 Å². The van der Waals surface area contributed by atoms with E-state index in [0.29, 0.717) is 12.6 Å². The molecule has 72 valence electrons. The molecular weight excluding hydrogens is 156 g/mol. The van der Waals surface area contributed by atoms with E-state index in [4.69, 9.17) is 20.9 Å². The molecule has 0 radical (unpaired) electrons. The molecule has 0 aromatic rings. The van der Waals surface area contributed by atoms with Crippen molar-refractivity contribution in [2.45, 2.75) is 25.0 Å². The van der Waals surface area contributed by atoms with Crippen molar-refractivity contribution >= 4 is 0 Å². The standard InChI is InChI=1S/C8H18N2O2/c9-4-7(10)2-1-3-11-5-8-6-12-8/h7-8H,1-6,9-10H2. The van der Waals surface area contributed by atoms with Gasteiger partial charge in [0.05, 0.1) is 13.2 Å². The SMILES string of the molecule is NCC(N)CCCOCC1CO1. The third kappa shape index (κ3) is 4.66. The van der Waals surface area contributed by atoms with Gasteiger partial charge in [0.25, 0.3) is 0 Å². The summed E-state index contributed by atoms with van der Waals surface area (Å²) in [5.74, 6) is 0. The van der Waals surface area contributed by atoms with Gasteiger partial charge in [-0.25, -0.2) is 0 Å². The van der Waals surface area contributed by atoms with Crippen molar-refractivity contribution in [2.24, 2.45) is 11.5 Å². The molecule has 4 nitrogen and oxygen atoms in total. The van der Waals surface area contributed by atoms with Crippen LogP contribution < -0.4 is 11.5 Å². The van der Waals surface area contributed by atoms with Gasteiger partial charge in [0, 0.05) is 19.2 Å². The molecule has 1 heterocycles. The first-order valence-corrected chi connectivity index (χ1v) is 4.48. The predicted octanol–water partition coefficient (Wildman–Crippen LogP) is -0.532. The molecule has 2 atom stereocenters. The van der Waals surface area contributed by atoms with Crippen molar-refractivity contribution in [3.8, 4) is 0 Å². The van der Waals surface area contributed by atoms with Crippen molar-refractivity contribution in [1.82, 2.24) is 0 Å². The lowest BCUT2D eigenvalue weighted by atomic mass is 10.2.